The molecule has 4 heteroatoms. The van der Waals surface area contributed by atoms with Crippen molar-refractivity contribution in [2.45, 2.75) is 57.7 Å². The first-order chi connectivity index (χ1) is 10.0. The lowest BCUT2D eigenvalue weighted by molar-refractivity contribution is -0.0202. The van der Waals surface area contributed by atoms with Gasteiger partial charge in [0, 0.05) is 6.54 Å². The van der Waals surface area contributed by atoms with Crippen LogP contribution in [0.15, 0.2) is 24.3 Å². The van der Waals surface area contributed by atoms with Crippen LogP contribution in [0.2, 0.25) is 0 Å². The van der Waals surface area contributed by atoms with Gasteiger partial charge in [-0.2, -0.15) is 0 Å². The molecule has 0 amide bonds. The molecular weight excluding hydrogens is 266 g/mol. The van der Waals surface area contributed by atoms with Crippen molar-refractivity contribution < 1.29 is 14.9 Å². The largest absolute Gasteiger partial charge is 0.491 e. The maximum absolute atomic E-state index is 10.5. The first-order valence-corrected chi connectivity index (χ1v) is 7.85. The molecule has 0 heterocycles. The van der Waals surface area contributed by atoms with Crippen LogP contribution in [0.1, 0.15) is 45.1 Å². The molecule has 0 aliphatic rings. The molecule has 0 aliphatic heterocycles. The molecular formula is C17H29NO3. The number of nitrogens with two attached hydrogens (primary N) is 1. The third-order valence-corrected chi connectivity index (χ3v) is 3.58. The average molecular weight is 295 g/mol. The quantitative estimate of drug-likeness (QED) is 0.619. The molecule has 1 rings (SSSR count). The summed E-state index contributed by atoms with van der Waals surface area (Å²) >= 11 is 0. The van der Waals surface area contributed by atoms with E-state index in [9.17, 15) is 10.2 Å². The van der Waals surface area contributed by atoms with Crippen LogP contribution in [0.4, 0.5) is 0 Å². The van der Waals surface area contributed by atoms with Crippen molar-refractivity contribution in [3.63, 3.8) is 0 Å². The van der Waals surface area contributed by atoms with Crippen LogP contribution >= 0.6 is 0 Å². The van der Waals surface area contributed by atoms with Crippen molar-refractivity contribution in [1.29, 1.82) is 0 Å². The molecule has 0 saturated heterocycles. The second-order valence-electron chi connectivity index (χ2n) is 5.75. The summed E-state index contributed by atoms with van der Waals surface area (Å²) in [6, 6.07) is 7.61. The number of aliphatic hydroxyl groups is 2. The lowest BCUT2D eigenvalue weighted by Crippen LogP contribution is -2.35. The number of hydrogen-bond acceptors (Lipinski definition) is 4. The van der Waals surface area contributed by atoms with Gasteiger partial charge in [0.15, 0.2) is 0 Å². The fourth-order valence-electron chi connectivity index (χ4n) is 2.54. The topological polar surface area (TPSA) is 75.7 Å². The SMILES string of the molecule is CCCC(O)(CCC)COc1cccc(C[C@@H](O)CN)c1. The Balaban J connectivity index is 2.63. The summed E-state index contributed by atoms with van der Waals surface area (Å²) in [4.78, 5) is 0. The van der Waals surface area contributed by atoms with Gasteiger partial charge >= 0.3 is 0 Å². The van der Waals surface area contributed by atoms with Gasteiger partial charge in [0.05, 0.1) is 11.7 Å². The Kier molecular flexibility index (Phi) is 7.72. The van der Waals surface area contributed by atoms with E-state index in [1.165, 1.54) is 0 Å². The second-order valence-corrected chi connectivity index (χ2v) is 5.75. The van der Waals surface area contributed by atoms with Crippen molar-refractivity contribution in [3.8, 4) is 5.75 Å². The van der Waals surface area contributed by atoms with Crippen LogP contribution in [0.5, 0.6) is 5.75 Å². The highest BCUT2D eigenvalue weighted by Crippen LogP contribution is 2.22. The van der Waals surface area contributed by atoms with E-state index in [1.807, 2.05) is 24.3 Å². The van der Waals surface area contributed by atoms with Crippen molar-refractivity contribution >= 4 is 0 Å². The summed E-state index contributed by atoms with van der Waals surface area (Å²) in [5.74, 6) is 0.724. The lowest BCUT2D eigenvalue weighted by Gasteiger charge is -2.27. The van der Waals surface area contributed by atoms with Gasteiger partial charge in [0.25, 0.3) is 0 Å². The van der Waals surface area contributed by atoms with E-state index in [-0.39, 0.29) is 6.54 Å². The Morgan fingerprint density at radius 1 is 1.24 bits per heavy atom. The summed E-state index contributed by atoms with van der Waals surface area (Å²) < 4.78 is 5.77. The van der Waals surface area contributed by atoms with Gasteiger partial charge in [-0.1, -0.05) is 38.8 Å². The van der Waals surface area contributed by atoms with Crippen LogP contribution in [-0.2, 0) is 6.42 Å². The molecule has 1 aromatic carbocycles. The maximum atomic E-state index is 10.5. The highest BCUT2D eigenvalue weighted by atomic mass is 16.5. The van der Waals surface area contributed by atoms with Crippen LogP contribution in [-0.4, -0.2) is 35.1 Å². The standard InChI is InChI=1S/C17H29NO3/c1-3-8-17(20,9-4-2)13-21-16-7-5-6-14(11-16)10-15(19)12-18/h5-7,11,15,19-20H,3-4,8-10,12-13,18H2,1-2H3/t15-/m1/s1. The molecule has 0 unspecified atom stereocenters. The second kappa shape index (κ2) is 9.03. The first-order valence-electron chi connectivity index (χ1n) is 7.85. The molecule has 1 atom stereocenters. The predicted octanol–water partition coefficient (Wildman–Crippen LogP) is 2.26. The van der Waals surface area contributed by atoms with Crippen molar-refractivity contribution in [1.82, 2.24) is 0 Å². The van der Waals surface area contributed by atoms with Gasteiger partial charge < -0.3 is 20.7 Å². The van der Waals surface area contributed by atoms with Crippen molar-refractivity contribution in [2.75, 3.05) is 13.2 Å². The molecule has 0 aliphatic carbocycles. The van der Waals surface area contributed by atoms with E-state index < -0.39 is 11.7 Å². The van der Waals surface area contributed by atoms with E-state index >= 15 is 0 Å². The van der Waals surface area contributed by atoms with Crippen LogP contribution in [0.3, 0.4) is 0 Å². The lowest BCUT2D eigenvalue weighted by atomic mass is 9.94. The van der Waals surface area contributed by atoms with E-state index in [2.05, 4.69) is 13.8 Å². The summed E-state index contributed by atoms with van der Waals surface area (Å²) in [5.41, 5.74) is 5.66. The number of benzene rings is 1. The van der Waals surface area contributed by atoms with Gasteiger partial charge in [0.1, 0.15) is 12.4 Å². The minimum atomic E-state index is -0.754. The average Bonchev–Trinajstić information content (AvgIpc) is 2.46. The molecule has 21 heavy (non-hydrogen) atoms. The number of rotatable bonds is 10. The monoisotopic (exact) mass is 295 g/mol. The predicted molar refractivity (Wildman–Crippen MR) is 85.5 cm³/mol. The first kappa shape index (κ1) is 18.0. The fourth-order valence-corrected chi connectivity index (χ4v) is 2.54. The highest BCUT2D eigenvalue weighted by Gasteiger charge is 2.25. The molecule has 0 bridgehead atoms. The minimum Gasteiger partial charge on any atom is -0.491 e. The molecule has 120 valence electrons. The molecule has 0 spiro atoms. The van der Waals surface area contributed by atoms with Crippen LogP contribution < -0.4 is 10.5 Å². The Labute approximate surface area is 127 Å². The van der Waals surface area contributed by atoms with Crippen molar-refractivity contribution in [2.24, 2.45) is 5.73 Å². The number of hydrogen-bond donors (Lipinski definition) is 3. The summed E-state index contributed by atoms with van der Waals surface area (Å²) in [6.07, 6.45) is 3.34. The van der Waals surface area contributed by atoms with E-state index in [4.69, 9.17) is 10.5 Å². The Morgan fingerprint density at radius 3 is 2.48 bits per heavy atom. The van der Waals surface area contributed by atoms with Crippen LogP contribution in [0, 0.1) is 0 Å². The molecule has 1 aromatic rings. The van der Waals surface area contributed by atoms with E-state index in [0.29, 0.717) is 13.0 Å². The van der Waals surface area contributed by atoms with E-state index in [0.717, 1.165) is 37.0 Å². The third-order valence-electron chi connectivity index (χ3n) is 3.58. The van der Waals surface area contributed by atoms with Gasteiger partial charge in [-0.15, -0.1) is 0 Å². The molecule has 4 nitrogen and oxygen atoms in total. The number of ether oxygens (including phenoxy) is 1. The normalized spacial score (nSPS) is 13.2. The Morgan fingerprint density at radius 2 is 1.90 bits per heavy atom. The Hall–Kier alpha value is -1.10. The smallest absolute Gasteiger partial charge is 0.119 e. The third kappa shape index (κ3) is 6.46. The molecule has 4 N–H and O–H groups in total. The molecule has 0 radical (unpaired) electrons. The van der Waals surface area contributed by atoms with Gasteiger partial charge in [-0.05, 0) is 37.0 Å². The van der Waals surface area contributed by atoms with Crippen molar-refractivity contribution in [3.05, 3.63) is 29.8 Å². The van der Waals surface area contributed by atoms with Gasteiger partial charge in [-0.25, -0.2) is 0 Å². The fraction of sp³-hybridized carbons (Fsp3) is 0.647. The summed E-state index contributed by atoms with van der Waals surface area (Å²) in [6.45, 7) is 4.68. The zero-order chi connectivity index (χ0) is 15.7. The minimum absolute atomic E-state index is 0.248. The zero-order valence-electron chi connectivity index (χ0n) is 13.2. The van der Waals surface area contributed by atoms with Gasteiger partial charge in [0.2, 0.25) is 0 Å². The zero-order valence-corrected chi connectivity index (χ0v) is 13.2. The highest BCUT2D eigenvalue weighted by molar-refractivity contribution is 5.29. The molecule has 0 aromatic heterocycles. The molecule has 0 saturated carbocycles. The summed E-state index contributed by atoms with van der Waals surface area (Å²) in [7, 11) is 0. The van der Waals surface area contributed by atoms with Crippen LogP contribution in [0.25, 0.3) is 0 Å². The Bertz CT molecular complexity index is 403. The van der Waals surface area contributed by atoms with Gasteiger partial charge in [-0.3, -0.25) is 0 Å². The molecule has 0 fully saturated rings. The number of aliphatic hydroxyl groups excluding tert-OH is 1. The summed E-state index contributed by atoms with van der Waals surface area (Å²) in [5, 5.41) is 20.1. The van der Waals surface area contributed by atoms with E-state index in [1.54, 1.807) is 0 Å². The maximum Gasteiger partial charge on any atom is 0.119 e.